The number of carboxylic acids is 1. The number of hydrogen-bond donors (Lipinski definition) is 2. The molecule has 166 valence electrons. The highest BCUT2D eigenvalue weighted by Gasteiger charge is 2.24. The molecule has 0 saturated heterocycles. The molecular weight excluding hydrogens is 440 g/mol. The van der Waals surface area contributed by atoms with Crippen molar-refractivity contribution in [1.82, 2.24) is 20.3 Å². The van der Waals surface area contributed by atoms with Gasteiger partial charge in [0.25, 0.3) is 5.91 Å². The van der Waals surface area contributed by atoms with Gasteiger partial charge in [-0.05, 0) is 23.8 Å². The van der Waals surface area contributed by atoms with Gasteiger partial charge in [0.2, 0.25) is 11.8 Å². The van der Waals surface area contributed by atoms with Gasteiger partial charge in [-0.2, -0.15) is 9.97 Å². The van der Waals surface area contributed by atoms with Gasteiger partial charge in [0, 0.05) is 11.2 Å². The second-order valence-electron chi connectivity index (χ2n) is 6.33. The van der Waals surface area contributed by atoms with E-state index in [0.29, 0.717) is 10.6 Å². The number of carbonyl (C=O) groups excluding carboxylic acids is 1. The molecule has 3 aromatic rings. The summed E-state index contributed by atoms with van der Waals surface area (Å²) in [5.74, 6) is -1.33. The average molecular weight is 459 g/mol. The number of pyridine rings is 1. The standard InChI is InChI=1S/C21H19ClN4O6/c1-30-16-11-17(31-2)26-21(25-16)32-15-8-5-9-23-19(15)20(29)24-14(10-18(27)28)12-6-3-4-7-13(12)22/h3-9,11,14H,10H2,1-2H3,(H,24,29)(H,27,28). The number of hydrogen-bond acceptors (Lipinski definition) is 8. The van der Waals surface area contributed by atoms with Crippen LogP contribution in [0.2, 0.25) is 5.02 Å². The maximum absolute atomic E-state index is 13.0. The third-order valence-corrected chi connectivity index (χ3v) is 4.57. The predicted octanol–water partition coefficient (Wildman–Crippen LogP) is 3.28. The zero-order chi connectivity index (χ0) is 23.1. The number of rotatable bonds is 9. The van der Waals surface area contributed by atoms with Crippen molar-refractivity contribution in [3.05, 3.63) is 64.9 Å². The molecule has 0 radical (unpaired) electrons. The lowest BCUT2D eigenvalue weighted by Gasteiger charge is -2.19. The van der Waals surface area contributed by atoms with Crippen molar-refractivity contribution in [2.45, 2.75) is 12.5 Å². The van der Waals surface area contributed by atoms with E-state index in [1.54, 1.807) is 30.3 Å². The largest absolute Gasteiger partial charge is 0.481 e. The molecule has 1 unspecified atom stereocenters. The number of nitrogens with one attached hydrogen (secondary N) is 1. The fourth-order valence-corrected chi connectivity index (χ4v) is 3.05. The molecule has 10 nitrogen and oxygen atoms in total. The number of amides is 1. The van der Waals surface area contributed by atoms with Crippen LogP contribution in [0.15, 0.2) is 48.7 Å². The number of aliphatic carboxylic acids is 1. The number of carbonyl (C=O) groups is 2. The maximum atomic E-state index is 13.0. The molecule has 0 spiro atoms. The highest BCUT2D eigenvalue weighted by atomic mass is 35.5. The summed E-state index contributed by atoms with van der Waals surface area (Å²) in [4.78, 5) is 36.6. The number of aromatic nitrogens is 3. The fourth-order valence-electron chi connectivity index (χ4n) is 2.78. The minimum absolute atomic E-state index is 0.0496. The normalized spacial score (nSPS) is 11.3. The number of benzene rings is 1. The first-order valence-electron chi connectivity index (χ1n) is 9.28. The summed E-state index contributed by atoms with van der Waals surface area (Å²) < 4.78 is 15.8. The molecule has 0 aliphatic rings. The van der Waals surface area contributed by atoms with Crippen LogP contribution in [-0.4, -0.2) is 46.2 Å². The Morgan fingerprint density at radius 1 is 1.09 bits per heavy atom. The second-order valence-corrected chi connectivity index (χ2v) is 6.74. The Kier molecular flexibility index (Phi) is 7.40. The highest BCUT2D eigenvalue weighted by molar-refractivity contribution is 6.31. The van der Waals surface area contributed by atoms with E-state index in [9.17, 15) is 14.7 Å². The molecule has 1 aromatic carbocycles. The number of carboxylic acid groups (broad SMARTS) is 1. The summed E-state index contributed by atoms with van der Waals surface area (Å²) in [6.45, 7) is 0. The molecule has 0 aliphatic carbocycles. The van der Waals surface area contributed by atoms with Gasteiger partial charge < -0.3 is 24.6 Å². The smallest absolute Gasteiger partial charge is 0.328 e. The summed E-state index contributed by atoms with van der Waals surface area (Å²) in [5, 5.41) is 12.3. The van der Waals surface area contributed by atoms with Crippen LogP contribution in [0.1, 0.15) is 28.5 Å². The third kappa shape index (κ3) is 5.61. The van der Waals surface area contributed by atoms with Crippen LogP contribution >= 0.6 is 11.6 Å². The van der Waals surface area contributed by atoms with E-state index in [2.05, 4.69) is 20.3 Å². The molecule has 0 fully saturated rings. The van der Waals surface area contributed by atoms with Crippen LogP contribution in [-0.2, 0) is 4.79 Å². The molecule has 3 rings (SSSR count). The monoisotopic (exact) mass is 458 g/mol. The Balaban J connectivity index is 1.89. The van der Waals surface area contributed by atoms with Gasteiger partial charge in [-0.1, -0.05) is 29.8 Å². The van der Waals surface area contributed by atoms with E-state index in [1.165, 1.54) is 32.5 Å². The van der Waals surface area contributed by atoms with E-state index in [4.69, 9.17) is 25.8 Å². The van der Waals surface area contributed by atoms with Crippen LogP contribution in [0.5, 0.6) is 23.5 Å². The van der Waals surface area contributed by atoms with Gasteiger partial charge in [-0.15, -0.1) is 0 Å². The molecule has 1 atom stereocenters. The van der Waals surface area contributed by atoms with E-state index in [1.807, 2.05) is 0 Å². The molecule has 11 heteroatoms. The lowest BCUT2D eigenvalue weighted by Crippen LogP contribution is -2.31. The second kappa shape index (κ2) is 10.4. The first-order chi connectivity index (χ1) is 15.4. The molecule has 2 aromatic heterocycles. The molecule has 0 aliphatic heterocycles. The molecule has 1 amide bonds. The van der Waals surface area contributed by atoms with E-state index in [-0.39, 0.29) is 35.6 Å². The quantitative estimate of drug-likeness (QED) is 0.495. The average Bonchev–Trinajstić information content (AvgIpc) is 2.78. The molecule has 32 heavy (non-hydrogen) atoms. The molecule has 2 N–H and O–H groups in total. The van der Waals surface area contributed by atoms with Gasteiger partial charge in [-0.3, -0.25) is 9.59 Å². The topological polar surface area (TPSA) is 133 Å². The Labute approximate surface area is 188 Å². The van der Waals surface area contributed by atoms with Gasteiger partial charge in [0.1, 0.15) is 0 Å². The zero-order valence-corrected chi connectivity index (χ0v) is 17.9. The van der Waals surface area contributed by atoms with Crippen LogP contribution in [0.4, 0.5) is 0 Å². The summed E-state index contributed by atoms with van der Waals surface area (Å²) in [6, 6.07) is 10.2. The van der Waals surface area contributed by atoms with Crippen molar-refractivity contribution < 1.29 is 28.9 Å². The van der Waals surface area contributed by atoms with E-state index in [0.717, 1.165) is 0 Å². The van der Waals surface area contributed by atoms with Gasteiger partial charge in [0.05, 0.1) is 32.7 Å². The van der Waals surface area contributed by atoms with Gasteiger partial charge in [-0.25, -0.2) is 4.98 Å². The van der Waals surface area contributed by atoms with Crippen molar-refractivity contribution in [3.8, 4) is 23.5 Å². The van der Waals surface area contributed by atoms with Gasteiger partial charge >= 0.3 is 12.0 Å². The number of methoxy groups -OCH3 is 2. The van der Waals surface area contributed by atoms with E-state index < -0.39 is 17.9 Å². The number of nitrogens with zero attached hydrogens (tertiary/aromatic N) is 3. The molecule has 2 heterocycles. The first kappa shape index (κ1) is 22.8. The van der Waals surface area contributed by atoms with Gasteiger partial charge in [0.15, 0.2) is 11.4 Å². The Hall–Kier alpha value is -3.92. The molecule has 0 saturated carbocycles. The molecule has 0 bridgehead atoms. The van der Waals surface area contributed by atoms with Crippen LogP contribution in [0.25, 0.3) is 0 Å². The first-order valence-corrected chi connectivity index (χ1v) is 9.66. The summed E-state index contributed by atoms with van der Waals surface area (Å²) in [7, 11) is 2.84. The van der Waals surface area contributed by atoms with Crippen molar-refractivity contribution in [2.24, 2.45) is 0 Å². The van der Waals surface area contributed by atoms with Crippen molar-refractivity contribution in [3.63, 3.8) is 0 Å². The Morgan fingerprint density at radius 3 is 2.41 bits per heavy atom. The number of ether oxygens (including phenoxy) is 3. The molecular formula is C21H19ClN4O6. The van der Waals surface area contributed by atoms with Crippen molar-refractivity contribution in [2.75, 3.05) is 14.2 Å². The zero-order valence-electron chi connectivity index (χ0n) is 17.1. The van der Waals surface area contributed by atoms with Crippen LogP contribution in [0.3, 0.4) is 0 Å². The minimum Gasteiger partial charge on any atom is -0.481 e. The third-order valence-electron chi connectivity index (χ3n) is 4.23. The summed E-state index contributed by atoms with van der Waals surface area (Å²) in [5.41, 5.74) is 0.365. The lowest BCUT2D eigenvalue weighted by atomic mass is 10.0. The lowest BCUT2D eigenvalue weighted by molar-refractivity contribution is -0.137. The summed E-state index contributed by atoms with van der Waals surface area (Å²) >= 11 is 6.20. The van der Waals surface area contributed by atoms with Crippen LogP contribution in [0, 0.1) is 0 Å². The number of halogens is 1. The minimum atomic E-state index is -1.11. The Bertz CT molecular complexity index is 1100. The SMILES string of the molecule is COc1cc(OC)nc(Oc2cccnc2C(=O)NC(CC(=O)O)c2ccccc2Cl)n1. The predicted molar refractivity (Wildman–Crippen MR) is 113 cm³/mol. The maximum Gasteiger partial charge on any atom is 0.328 e. The van der Waals surface area contributed by atoms with E-state index >= 15 is 0 Å². The fraction of sp³-hybridized carbons (Fsp3) is 0.190. The Morgan fingerprint density at radius 2 is 1.78 bits per heavy atom. The van der Waals surface area contributed by atoms with Crippen molar-refractivity contribution >= 4 is 23.5 Å². The van der Waals surface area contributed by atoms with Crippen molar-refractivity contribution in [1.29, 1.82) is 0 Å². The highest BCUT2D eigenvalue weighted by Crippen LogP contribution is 2.28. The summed E-state index contributed by atoms with van der Waals surface area (Å²) in [6.07, 6.45) is 1.02. The van der Waals surface area contributed by atoms with Crippen LogP contribution < -0.4 is 19.5 Å².